The number of aryl methyl sites for hydroxylation is 3. The van der Waals surface area contributed by atoms with Crippen molar-refractivity contribution in [3.63, 3.8) is 0 Å². The van der Waals surface area contributed by atoms with Gasteiger partial charge in [-0.2, -0.15) is 0 Å². The molecule has 0 aliphatic carbocycles. The van der Waals surface area contributed by atoms with Crippen LogP contribution in [0.3, 0.4) is 0 Å². The van der Waals surface area contributed by atoms with Crippen LogP contribution in [0.25, 0.3) is 22.2 Å². The van der Waals surface area contributed by atoms with Crippen LogP contribution in [-0.2, 0) is 0 Å². The van der Waals surface area contributed by atoms with Crippen LogP contribution < -0.4 is 15.4 Å². The molecule has 0 saturated carbocycles. The predicted molar refractivity (Wildman–Crippen MR) is 136 cm³/mol. The van der Waals surface area contributed by atoms with Crippen molar-refractivity contribution in [2.45, 2.75) is 48.5 Å². The van der Waals surface area contributed by atoms with Crippen molar-refractivity contribution in [3.05, 3.63) is 47.7 Å². The third-order valence-corrected chi connectivity index (χ3v) is 5.17. The first-order valence-corrected chi connectivity index (χ1v) is 11.5. The molecular weight excluding hydrogens is 428 g/mol. The zero-order chi connectivity index (χ0) is 24.5. The normalized spacial score (nSPS) is 11.6. The molecule has 0 unspecified atom stereocenters. The zero-order valence-corrected chi connectivity index (χ0v) is 20.9. The van der Waals surface area contributed by atoms with Gasteiger partial charge in [-0.3, -0.25) is 0 Å². The second-order valence-electron chi connectivity index (χ2n) is 9.57. The minimum Gasteiger partial charge on any atom is -0.492 e. The summed E-state index contributed by atoms with van der Waals surface area (Å²) in [6, 6.07) is 7.85. The van der Waals surface area contributed by atoms with Crippen LogP contribution in [0.4, 0.5) is 17.5 Å². The monoisotopic (exact) mass is 460 g/mol. The molecule has 0 aliphatic rings. The number of oxazole rings is 1. The molecule has 0 amide bonds. The van der Waals surface area contributed by atoms with E-state index in [1.54, 1.807) is 0 Å². The van der Waals surface area contributed by atoms with Crippen molar-refractivity contribution in [2.75, 3.05) is 23.8 Å². The highest BCUT2D eigenvalue weighted by Gasteiger charge is 2.16. The fraction of sp³-hybridized carbons (Fsp3) is 0.385. The van der Waals surface area contributed by atoms with Gasteiger partial charge < -0.3 is 19.8 Å². The molecule has 0 saturated heterocycles. The van der Waals surface area contributed by atoms with Gasteiger partial charge in [-0.25, -0.2) is 19.9 Å². The topological polar surface area (TPSA) is 98.0 Å². The molecule has 4 aromatic rings. The molecule has 0 aliphatic heterocycles. The Hall–Kier alpha value is -3.68. The molecule has 3 heterocycles. The molecule has 0 atom stereocenters. The lowest BCUT2D eigenvalue weighted by Gasteiger charge is -2.20. The summed E-state index contributed by atoms with van der Waals surface area (Å²) in [7, 11) is 0. The second kappa shape index (κ2) is 9.29. The van der Waals surface area contributed by atoms with Crippen LogP contribution in [0.2, 0.25) is 0 Å². The molecule has 8 heteroatoms. The lowest BCUT2D eigenvalue weighted by molar-refractivity contribution is 0.342. The number of anilines is 3. The summed E-state index contributed by atoms with van der Waals surface area (Å²) in [6.45, 7) is 15.5. The molecular formula is C26H32N6O2. The first kappa shape index (κ1) is 23.5. The van der Waals surface area contributed by atoms with Gasteiger partial charge in [0.15, 0.2) is 17.5 Å². The maximum absolute atomic E-state index is 5.92. The van der Waals surface area contributed by atoms with Crippen LogP contribution in [0.1, 0.15) is 45.0 Å². The summed E-state index contributed by atoms with van der Waals surface area (Å²) < 4.78 is 11.7. The minimum atomic E-state index is 0.112. The summed E-state index contributed by atoms with van der Waals surface area (Å²) in [5, 5.41) is 7.70. The maximum Gasteiger partial charge on any atom is 0.227 e. The Labute approximate surface area is 200 Å². The SMILES string of the molecule is CCOc1cc(-c2oc(C)nc2C)ccc1Nc1ncc2cc(C)nc(NCC(C)(C)C)c2n1. The Morgan fingerprint density at radius 1 is 1.03 bits per heavy atom. The molecule has 0 spiro atoms. The van der Waals surface area contributed by atoms with Crippen LogP contribution in [0, 0.1) is 26.2 Å². The summed E-state index contributed by atoms with van der Waals surface area (Å²) in [5.74, 6) is 3.29. The number of aromatic nitrogens is 4. The van der Waals surface area contributed by atoms with Gasteiger partial charge in [0, 0.05) is 36.3 Å². The first-order chi connectivity index (χ1) is 16.1. The van der Waals surface area contributed by atoms with Crippen LogP contribution >= 0.6 is 0 Å². The van der Waals surface area contributed by atoms with E-state index >= 15 is 0 Å². The van der Waals surface area contributed by atoms with Gasteiger partial charge in [-0.1, -0.05) is 20.8 Å². The predicted octanol–water partition coefficient (Wildman–Crippen LogP) is 6.21. The number of hydrogen-bond acceptors (Lipinski definition) is 8. The second-order valence-corrected chi connectivity index (χ2v) is 9.57. The molecule has 0 fully saturated rings. The molecule has 3 aromatic heterocycles. The number of fused-ring (bicyclic) bond motifs is 1. The number of ether oxygens (including phenoxy) is 1. The van der Waals surface area contributed by atoms with Gasteiger partial charge in [0.05, 0.1) is 18.0 Å². The number of rotatable bonds is 7. The largest absolute Gasteiger partial charge is 0.492 e. The van der Waals surface area contributed by atoms with Crippen LogP contribution in [-0.4, -0.2) is 33.1 Å². The van der Waals surface area contributed by atoms with E-state index in [-0.39, 0.29) is 5.41 Å². The van der Waals surface area contributed by atoms with E-state index in [1.165, 1.54) is 0 Å². The first-order valence-electron chi connectivity index (χ1n) is 11.5. The van der Waals surface area contributed by atoms with E-state index in [2.05, 4.69) is 46.4 Å². The van der Waals surface area contributed by atoms with Crippen molar-refractivity contribution >= 4 is 28.4 Å². The van der Waals surface area contributed by atoms with Crippen molar-refractivity contribution in [3.8, 4) is 17.1 Å². The third kappa shape index (κ3) is 5.27. The fourth-order valence-electron chi connectivity index (χ4n) is 3.67. The highest BCUT2D eigenvalue weighted by molar-refractivity contribution is 5.89. The van der Waals surface area contributed by atoms with Gasteiger partial charge in [0.25, 0.3) is 0 Å². The molecule has 0 bridgehead atoms. The molecule has 0 radical (unpaired) electrons. The van der Waals surface area contributed by atoms with E-state index < -0.39 is 0 Å². The van der Waals surface area contributed by atoms with Gasteiger partial charge >= 0.3 is 0 Å². The van der Waals surface area contributed by atoms with Crippen molar-refractivity contribution in [1.29, 1.82) is 0 Å². The lowest BCUT2D eigenvalue weighted by Crippen LogP contribution is -2.20. The Kier molecular flexibility index (Phi) is 6.41. The molecule has 4 rings (SSSR count). The molecule has 8 nitrogen and oxygen atoms in total. The highest BCUT2D eigenvalue weighted by atomic mass is 16.5. The number of pyridine rings is 1. The van der Waals surface area contributed by atoms with Gasteiger partial charge in [0.2, 0.25) is 5.95 Å². The van der Waals surface area contributed by atoms with E-state index in [9.17, 15) is 0 Å². The van der Waals surface area contributed by atoms with Crippen molar-refractivity contribution in [1.82, 2.24) is 19.9 Å². The molecule has 178 valence electrons. The number of nitrogens with zero attached hydrogens (tertiary/aromatic N) is 4. The zero-order valence-electron chi connectivity index (χ0n) is 20.9. The smallest absolute Gasteiger partial charge is 0.227 e. The highest BCUT2D eigenvalue weighted by Crippen LogP contribution is 2.34. The average Bonchev–Trinajstić information content (AvgIpc) is 3.11. The van der Waals surface area contributed by atoms with Crippen LogP contribution in [0.15, 0.2) is 34.9 Å². The Morgan fingerprint density at radius 3 is 2.50 bits per heavy atom. The number of nitrogens with one attached hydrogen (secondary N) is 2. The molecule has 1 aromatic carbocycles. The minimum absolute atomic E-state index is 0.112. The lowest BCUT2D eigenvalue weighted by atomic mass is 9.97. The van der Waals surface area contributed by atoms with E-state index in [4.69, 9.17) is 14.1 Å². The van der Waals surface area contributed by atoms with Crippen molar-refractivity contribution in [2.24, 2.45) is 5.41 Å². The fourth-order valence-corrected chi connectivity index (χ4v) is 3.67. The molecule has 34 heavy (non-hydrogen) atoms. The quantitative estimate of drug-likeness (QED) is 0.336. The third-order valence-electron chi connectivity index (χ3n) is 5.17. The van der Waals surface area contributed by atoms with E-state index in [0.29, 0.717) is 24.2 Å². The van der Waals surface area contributed by atoms with E-state index in [1.807, 2.05) is 58.2 Å². The average molecular weight is 461 g/mol. The van der Waals surface area contributed by atoms with Gasteiger partial charge in [-0.05, 0) is 50.5 Å². The summed E-state index contributed by atoms with van der Waals surface area (Å²) >= 11 is 0. The summed E-state index contributed by atoms with van der Waals surface area (Å²) in [4.78, 5) is 18.4. The van der Waals surface area contributed by atoms with Crippen molar-refractivity contribution < 1.29 is 9.15 Å². The Bertz CT molecular complexity index is 1320. The Morgan fingerprint density at radius 2 is 1.82 bits per heavy atom. The number of benzene rings is 1. The van der Waals surface area contributed by atoms with Gasteiger partial charge in [0.1, 0.15) is 11.3 Å². The van der Waals surface area contributed by atoms with E-state index in [0.717, 1.165) is 51.7 Å². The van der Waals surface area contributed by atoms with Gasteiger partial charge in [-0.15, -0.1) is 0 Å². The number of hydrogen-bond donors (Lipinski definition) is 2. The summed E-state index contributed by atoms with van der Waals surface area (Å²) in [6.07, 6.45) is 1.82. The Balaban J connectivity index is 1.68. The van der Waals surface area contributed by atoms with Crippen LogP contribution in [0.5, 0.6) is 5.75 Å². The maximum atomic E-state index is 5.92. The molecule has 2 N–H and O–H groups in total. The summed E-state index contributed by atoms with van der Waals surface area (Å²) in [5.41, 5.74) is 4.31. The standard InChI is InChI=1S/C26H32N6O2/c1-8-33-21-12-18(23-16(3)30-17(4)34-23)9-10-20(21)31-25-27-13-19-11-15(2)29-24(22(19)32-25)28-14-26(5,6)7/h9-13H,8,14H2,1-7H3,(H,28,29)(H,27,31,32).